The van der Waals surface area contributed by atoms with E-state index < -0.39 is 5.82 Å². The number of hydrogen-bond acceptors (Lipinski definition) is 4. The summed E-state index contributed by atoms with van der Waals surface area (Å²) in [5.41, 5.74) is 2.33. The summed E-state index contributed by atoms with van der Waals surface area (Å²) in [4.78, 5) is 30.4. The zero-order valence-electron chi connectivity index (χ0n) is 17.3. The van der Waals surface area contributed by atoms with Crippen molar-refractivity contribution in [3.8, 4) is 0 Å². The van der Waals surface area contributed by atoms with E-state index in [-0.39, 0.29) is 35.5 Å². The Bertz CT molecular complexity index is 1160. The molecule has 0 saturated carbocycles. The molecule has 2 heterocycles. The van der Waals surface area contributed by atoms with Gasteiger partial charge in [-0.1, -0.05) is 43.3 Å². The Morgan fingerprint density at radius 3 is 2.67 bits per heavy atom. The molecule has 0 radical (unpaired) electrons. The third-order valence-corrected chi connectivity index (χ3v) is 5.65. The zero-order chi connectivity index (χ0) is 22.0. The Labute approximate surface area is 183 Å². The highest BCUT2D eigenvalue weighted by molar-refractivity contribution is 7.98. The smallest absolute Gasteiger partial charge is 0.278 e. The van der Waals surface area contributed by atoms with E-state index in [0.29, 0.717) is 28.3 Å². The SMILES string of the molecule is CSc1nc2cc(C)n(CC(=O)NCc3ccc(F)c(Cl)c3)c2c(=O)n1CC(C)C. The van der Waals surface area contributed by atoms with E-state index in [4.69, 9.17) is 11.6 Å². The van der Waals surface area contributed by atoms with Gasteiger partial charge in [-0.05, 0) is 42.9 Å². The number of hydrogen-bond donors (Lipinski definition) is 1. The molecule has 3 rings (SSSR count). The van der Waals surface area contributed by atoms with Gasteiger partial charge in [0, 0.05) is 18.8 Å². The molecule has 0 bridgehead atoms. The molecule has 0 aliphatic heterocycles. The molecule has 30 heavy (non-hydrogen) atoms. The maximum atomic E-state index is 13.3. The van der Waals surface area contributed by atoms with E-state index in [2.05, 4.69) is 10.3 Å². The van der Waals surface area contributed by atoms with Crippen LogP contribution in [0.3, 0.4) is 0 Å². The molecule has 1 N–H and O–H groups in total. The van der Waals surface area contributed by atoms with Crippen molar-refractivity contribution in [1.29, 1.82) is 0 Å². The summed E-state index contributed by atoms with van der Waals surface area (Å²) in [7, 11) is 0. The van der Waals surface area contributed by atoms with Crippen molar-refractivity contribution >= 4 is 40.3 Å². The Morgan fingerprint density at radius 2 is 2.03 bits per heavy atom. The largest absolute Gasteiger partial charge is 0.350 e. The molecule has 9 heteroatoms. The highest BCUT2D eigenvalue weighted by Crippen LogP contribution is 2.20. The summed E-state index contributed by atoms with van der Waals surface area (Å²) >= 11 is 7.21. The van der Waals surface area contributed by atoms with Crippen LogP contribution in [0, 0.1) is 18.7 Å². The van der Waals surface area contributed by atoms with Crippen LogP contribution >= 0.6 is 23.4 Å². The van der Waals surface area contributed by atoms with Crippen LogP contribution in [-0.2, 0) is 24.4 Å². The Morgan fingerprint density at radius 1 is 1.30 bits per heavy atom. The molecule has 0 spiro atoms. The highest BCUT2D eigenvalue weighted by Gasteiger charge is 2.18. The number of aromatic nitrogens is 3. The van der Waals surface area contributed by atoms with Crippen LogP contribution in [0.2, 0.25) is 5.02 Å². The molecule has 1 amide bonds. The molecule has 6 nitrogen and oxygen atoms in total. The van der Waals surface area contributed by atoms with Gasteiger partial charge >= 0.3 is 0 Å². The minimum absolute atomic E-state index is 0.00960. The number of carbonyl (C=O) groups is 1. The molecular formula is C21H24ClFN4O2S. The van der Waals surface area contributed by atoms with Gasteiger partial charge in [-0.3, -0.25) is 14.2 Å². The van der Waals surface area contributed by atoms with Crippen molar-refractivity contribution in [2.75, 3.05) is 6.26 Å². The summed E-state index contributed by atoms with van der Waals surface area (Å²) in [6.07, 6.45) is 1.89. The fourth-order valence-electron chi connectivity index (χ4n) is 3.28. The van der Waals surface area contributed by atoms with Gasteiger partial charge in [0.2, 0.25) is 5.91 Å². The molecule has 0 unspecified atom stereocenters. The van der Waals surface area contributed by atoms with E-state index in [1.54, 1.807) is 15.2 Å². The number of fused-ring (bicyclic) bond motifs is 1. The summed E-state index contributed by atoms with van der Waals surface area (Å²) in [6.45, 7) is 6.69. The van der Waals surface area contributed by atoms with Crippen LogP contribution in [0.1, 0.15) is 25.1 Å². The number of nitrogens with zero attached hydrogens (tertiary/aromatic N) is 3. The Kier molecular flexibility index (Phi) is 6.88. The number of halogens is 2. The number of benzene rings is 1. The lowest BCUT2D eigenvalue weighted by Gasteiger charge is -2.14. The quantitative estimate of drug-likeness (QED) is 0.436. The molecule has 0 saturated heterocycles. The first-order chi connectivity index (χ1) is 14.2. The normalized spacial score (nSPS) is 11.4. The standard InChI is InChI=1S/C21H24ClFN4O2S/c1-12(2)10-27-20(29)19-17(25-21(27)30-4)7-13(3)26(19)11-18(28)24-9-14-5-6-16(23)15(22)8-14/h5-8,12H,9-11H2,1-4H3,(H,24,28). The summed E-state index contributed by atoms with van der Waals surface area (Å²) < 4.78 is 16.6. The topological polar surface area (TPSA) is 68.9 Å². The van der Waals surface area contributed by atoms with Gasteiger partial charge < -0.3 is 9.88 Å². The second kappa shape index (κ2) is 9.22. The predicted molar refractivity (Wildman–Crippen MR) is 119 cm³/mol. The third-order valence-electron chi connectivity index (χ3n) is 4.68. The average Bonchev–Trinajstić information content (AvgIpc) is 2.99. The monoisotopic (exact) mass is 450 g/mol. The first kappa shape index (κ1) is 22.4. The van der Waals surface area contributed by atoms with E-state index in [1.807, 2.05) is 33.1 Å². The van der Waals surface area contributed by atoms with Crippen molar-refractivity contribution < 1.29 is 9.18 Å². The van der Waals surface area contributed by atoms with Crippen LogP contribution in [0.15, 0.2) is 34.2 Å². The lowest BCUT2D eigenvalue weighted by atomic mass is 10.2. The number of carbonyl (C=O) groups excluding carboxylic acids is 1. The van der Waals surface area contributed by atoms with Crippen molar-refractivity contribution in [3.63, 3.8) is 0 Å². The van der Waals surface area contributed by atoms with E-state index in [0.717, 1.165) is 5.69 Å². The molecule has 0 aliphatic carbocycles. The minimum atomic E-state index is -0.504. The summed E-state index contributed by atoms with van der Waals surface area (Å²) in [6, 6.07) is 6.13. The number of rotatable bonds is 7. The zero-order valence-corrected chi connectivity index (χ0v) is 18.9. The van der Waals surface area contributed by atoms with Crippen LogP contribution in [-0.4, -0.2) is 26.3 Å². The Hall–Kier alpha value is -2.32. The van der Waals surface area contributed by atoms with Gasteiger partial charge in [-0.15, -0.1) is 0 Å². The highest BCUT2D eigenvalue weighted by atomic mass is 35.5. The predicted octanol–water partition coefficient (Wildman–Crippen LogP) is 3.99. The lowest BCUT2D eigenvalue weighted by Crippen LogP contribution is -2.30. The lowest BCUT2D eigenvalue weighted by molar-refractivity contribution is -0.121. The number of thioether (sulfide) groups is 1. The average molecular weight is 451 g/mol. The summed E-state index contributed by atoms with van der Waals surface area (Å²) in [5.74, 6) is -0.487. The second-order valence-corrected chi connectivity index (χ2v) is 8.72. The maximum absolute atomic E-state index is 13.3. The third kappa shape index (κ3) is 4.70. The fourth-order valence-corrected chi connectivity index (χ4v) is 4.05. The fraction of sp³-hybridized carbons (Fsp3) is 0.381. The second-order valence-electron chi connectivity index (χ2n) is 7.54. The first-order valence-electron chi connectivity index (χ1n) is 9.56. The molecular weight excluding hydrogens is 427 g/mol. The van der Waals surface area contributed by atoms with Gasteiger partial charge in [-0.2, -0.15) is 0 Å². The van der Waals surface area contributed by atoms with Crippen molar-refractivity contribution in [1.82, 2.24) is 19.4 Å². The first-order valence-corrected chi connectivity index (χ1v) is 11.2. The molecule has 160 valence electrons. The van der Waals surface area contributed by atoms with Gasteiger partial charge in [-0.25, -0.2) is 9.37 Å². The molecule has 0 atom stereocenters. The van der Waals surface area contributed by atoms with Crippen LogP contribution < -0.4 is 10.9 Å². The molecule has 0 fully saturated rings. The van der Waals surface area contributed by atoms with E-state index in [9.17, 15) is 14.0 Å². The van der Waals surface area contributed by atoms with Gasteiger partial charge in [0.1, 0.15) is 17.9 Å². The van der Waals surface area contributed by atoms with Crippen molar-refractivity contribution in [2.24, 2.45) is 5.92 Å². The van der Waals surface area contributed by atoms with Crippen molar-refractivity contribution in [2.45, 2.75) is 45.6 Å². The molecule has 2 aromatic heterocycles. The van der Waals surface area contributed by atoms with E-state index >= 15 is 0 Å². The van der Waals surface area contributed by atoms with Gasteiger partial charge in [0.15, 0.2) is 5.16 Å². The van der Waals surface area contributed by atoms with Crippen LogP contribution in [0.4, 0.5) is 4.39 Å². The summed E-state index contributed by atoms with van der Waals surface area (Å²) in [5, 5.41) is 3.46. The molecule has 3 aromatic rings. The Balaban J connectivity index is 1.87. The minimum Gasteiger partial charge on any atom is -0.350 e. The molecule has 0 aliphatic rings. The number of aryl methyl sites for hydroxylation is 1. The van der Waals surface area contributed by atoms with Crippen LogP contribution in [0.25, 0.3) is 11.0 Å². The van der Waals surface area contributed by atoms with E-state index in [1.165, 1.54) is 23.9 Å². The molecule has 1 aromatic carbocycles. The number of amides is 1. The van der Waals surface area contributed by atoms with Crippen molar-refractivity contribution in [3.05, 3.63) is 56.7 Å². The maximum Gasteiger partial charge on any atom is 0.278 e. The van der Waals surface area contributed by atoms with Crippen LogP contribution in [0.5, 0.6) is 0 Å². The van der Waals surface area contributed by atoms with Gasteiger partial charge in [0.25, 0.3) is 5.56 Å². The number of nitrogens with one attached hydrogen (secondary N) is 1. The van der Waals surface area contributed by atoms with Gasteiger partial charge in [0.05, 0.1) is 10.5 Å².